The van der Waals surface area contributed by atoms with Gasteiger partial charge < -0.3 is 5.32 Å². The highest BCUT2D eigenvalue weighted by Gasteiger charge is 2.38. The van der Waals surface area contributed by atoms with Crippen molar-refractivity contribution in [1.29, 1.82) is 5.26 Å². The summed E-state index contributed by atoms with van der Waals surface area (Å²) in [6, 6.07) is 2.50. The summed E-state index contributed by atoms with van der Waals surface area (Å²) in [4.78, 5) is 0. The third kappa shape index (κ3) is 0.741. The lowest BCUT2D eigenvalue weighted by atomic mass is 9.95. The van der Waals surface area contributed by atoms with Gasteiger partial charge in [-0.1, -0.05) is 6.42 Å². The van der Waals surface area contributed by atoms with Gasteiger partial charge >= 0.3 is 0 Å². The molecule has 1 aliphatic heterocycles. The van der Waals surface area contributed by atoms with Crippen molar-refractivity contribution in [3.8, 4) is 6.07 Å². The second kappa shape index (κ2) is 2.25. The molecular weight excluding hydrogens is 124 g/mol. The molecule has 0 aromatic rings. The van der Waals surface area contributed by atoms with Crippen LogP contribution in [0.4, 0.5) is 0 Å². The molecule has 0 bridgehead atoms. The Kier molecular flexibility index (Phi) is 1.39. The van der Waals surface area contributed by atoms with Gasteiger partial charge in [0.25, 0.3) is 0 Å². The van der Waals surface area contributed by atoms with Crippen LogP contribution in [0.15, 0.2) is 0 Å². The summed E-state index contributed by atoms with van der Waals surface area (Å²) in [6.07, 6.45) is 3.96. The van der Waals surface area contributed by atoms with Crippen LogP contribution >= 0.6 is 0 Å². The predicted molar refractivity (Wildman–Crippen MR) is 38.2 cm³/mol. The fourth-order valence-electron chi connectivity index (χ4n) is 2.33. The molecular formula is C8H12N2. The summed E-state index contributed by atoms with van der Waals surface area (Å²) in [5, 5.41) is 11.9. The predicted octanol–water partition coefficient (Wildman–Crippen LogP) is 0.898. The maximum absolute atomic E-state index is 8.70. The molecule has 1 heterocycles. The minimum Gasteiger partial charge on any atom is -0.301 e. The van der Waals surface area contributed by atoms with Crippen molar-refractivity contribution < 1.29 is 0 Å². The van der Waals surface area contributed by atoms with Gasteiger partial charge in [-0.05, 0) is 31.2 Å². The number of rotatable bonds is 0. The molecule has 0 aromatic heterocycles. The average molecular weight is 136 g/mol. The smallest absolute Gasteiger partial charge is 0.0984 e. The van der Waals surface area contributed by atoms with E-state index in [1.807, 2.05) is 0 Å². The van der Waals surface area contributed by atoms with Crippen LogP contribution in [-0.4, -0.2) is 12.6 Å². The van der Waals surface area contributed by atoms with E-state index in [4.69, 9.17) is 5.26 Å². The second-order valence-corrected chi connectivity index (χ2v) is 3.37. The van der Waals surface area contributed by atoms with Gasteiger partial charge in [-0.2, -0.15) is 5.26 Å². The minimum atomic E-state index is 0.174. The van der Waals surface area contributed by atoms with E-state index in [1.165, 1.54) is 19.3 Å². The summed E-state index contributed by atoms with van der Waals surface area (Å²) in [5.74, 6) is 1.51. The number of nitrogens with zero attached hydrogens (tertiary/aromatic N) is 1. The Bertz CT molecular complexity index is 171. The van der Waals surface area contributed by atoms with Crippen molar-refractivity contribution in [3.05, 3.63) is 0 Å². The lowest BCUT2D eigenvalue weighted by molar-refractivity contribution is 0.460. The van der Waals surface area contributed by atoms with Gasteiger partial charge in [0.2, 0.25) is 0 Å². The molecule has 1 saturated carbocycles. The van der Waals surface area contributed by atoms with Crippen LogP contribution in [0.25, 0.3) is 0 Å². The monoisotopic (exact) mass is 136 g/mol. The Morgan fingerprint density at radius 2 is 2.30 bits per heavy atom. The highest BCUT2D eigenvalue weighted by atomic mass is 15.0. The molecule has 0 amide bonds. The molecule has 0 aromatic carbocycles. The lowest BCUT2D eigenvalue weighted by Gasteiger charge is -2.08. The lowest BCUT2D eigenvalue weighted by Crippen LogP contribution is -2.24. The first-order valence-corrected chi connectivity index (χ1v) is 4.05. The number of nitrogens with one attached hydrogen (secondary N) is 1. The van der Waals surface area contributed by atoms with Crippen molar-refractivity contribution in [1.82, 2.24) is 5.32 Å². The second-order valence-electron chi connectivity index (χ2n) is 3.37. The van der Waals surface area contributed by atoms with Crippen LogP contribution in [-0.2, 0) is 0 Å². The van der Waals surface area contributed by atoms with E-state index in [-0.39, 0.29) is 6.04 Å². The SMILES string of the molecule is N#C[C@@H]1NC[C@@H]2CCC[C@@H]21. The van der Waals surface area contributed by atoms with E-state index < -0.39 is 0 Å². The van der Waals surface area contributed by atoms with Gasteiger partial charge in [0.1, 0.15) is 0 Å². The Hall–Kier alpha value is -0.550. The first kappa shape index (κ1) is 6.18. The molecule has 2 nitrogen and oxygen atoms in total. The molecule has 0 radical (unpaired) electrons. The number of hydrogen-bond acceptors (Lipinski definition) is 2. The van der Waals surface area contributed by atoms with Gasteiger partial charge in [-0.25, -0.2) is 0 Å². The maximum Gasteiger partial charge on any atom is 0.0984 e. The molecule has 2 aliphatic rings. The van der Waals surface area contributed by atoms with Crippen LogP contribution < -0.4 is 5.32 Å². The van der Waals surface area contributed by atoms with Crippen molar-refractivity contribution in [2.75, 3.05) is 6.54 Å². The van der Waals surface area contributed by atoms with E-state index in [9.17, 15) is 0 Å². The highest BCUT2D eigenvalue weighted by Crippen LogP contribution is 2.37. The standard InChI is InChI=1S/C8H12N2/c9-4-8-7-3-1-2-6(7)5-10-8/h6-8,10H,1-3,5H2/t6-,7-,8-/m0/s1. The summed E-state index contributed by atoms with van der Waals surface area (Å²) < 4.78 is 0. The van der Waals surface area contributed by atoms with E-state index in [1.54, 1.807) is 0 Å². The largest absolute Gasteiger partial charge is 0.301 e. The first-order valence-electron chi connectivity index (χ1n) is 4.05. The van der Waals surface area contributed by atoms with Crippen molar-refractivity contribution in [2.45, 2.75) is 25.3 Å². The van der Waals surface area contributed by atoms with Gasteiger partial charge in [0.05, 0.1) is 12.1 Å². The number of nitriles is 1. The van der Waals surface area contributed by atoms with Crippen molar-refractivity contribution in [2.24, 2.45) is 11.8 Å². The van der Waals surface area contributed by atoms with Crippen LogP contribution in [0, 0.1) is 23.2 Å². The molecule has 3 atom stereocenters. The van der Waals surface area contributed by atoms with E-state index in [0.29, 0.717) is 5.92 Å². The average Bonchev–Trinajstić information content (AvgIpc) is 2.44. The Balaban J connectivity index is 2.10. The molecule has 1 N–H and O–H groups in total. The molecule has 2 rings (SSSR count). The van der Waals surface area contributed by atoms with E-state index in [0.717, 1.165) is 12.5 Å². The van der Waals surface area contributed by atoms with Crippen molar-refractivity contribution >= 4 is 0 Å². The molecule has 2 fully saturated rings. The third-order valence-electron chi connectivity index (χ3n) is 2.89. The van der Waals surface area contributed by atoms with Gasteiger partial charge in [0.15, 0.2) is 0 Å². The Labute approximate surface area is 61.2 Å². The zero-order chi connectivity index (χ0) is 6.97. The number of hydrogen-bond donors (Lipinski definition) is 1. The van der Waals surface area contributed by atoms with Crippen LogP contribution in [0.3, 0.4) is 0 Å². The molecule has 0 unspecified atom stereocenters. The van der Waals surface area contributed by atoms with Crippen molar-refractivity contribution in [3.63, 3.8) is 0 Å². The zero-order valence-electron chi connectivity index (χ0n) is 6.01. The molecule has 1 aliphatic carbocycles. The van der Waals surface area contributed by atoms with Crippen LogP contribution in [0.1, 0.15) is 19.3 Å². The molecule has 10 heavy (non-hydrogen) atoms. The normalized spacial score (nSPS) is 44.9. The minimum absolute atomic E-state index is 0.174. The topological polar surface area (TPSA) is 35.8 Å². The molecule has 0 spiro atoms. The van der Waals surface area contributed by atoms with Crippen LogP contribution in [0.5, 0.6) is 0 Å². The van der Waals surface area contributed by atoms with E-state index in [2.05, 4.69) is 11.4 Å². The van der Waals surface area contributed by atoms with Gasteiger partial charge in [-0.15, -0.1) is 0 Å². The summed E-state index contributed by atoms with van der Waals surface area (Å²) in [5.41, 5.74) is 0. The Morgan fingerprint density at radius 3 is 3.10 bits per heavy atom. The summed E-state index contributed by atoms with van der Waals surface area (Å²) in [6.45, 7) is 1.09. The molecule has 2 heteroatoms. The molecule has 54 valence electrons. The zero-order valence-corrected chi connectivity index (χ0v) is 6.01. The van der Waals surface area contributed by atoms with E-state index >= 15 is 0 Å². The van der Waals surface area contributed by atoms with Gasteiger partial charge in [0, 0.05) is 0 Å². The maximum atomic E-state index is 8.70. The highest BCUT2D eigenvalue weighted by molar-refractivity contribution is 5.04. The fraction of sp³-hybridized carbons (Fsp3) is 0.875. The molecule has 1 saturated heterocycles. The summed E-state index contributed by atoms with van der Waals surface area (Å²) in [7, 11) is 0. The van der Waals surface area contributed by atoms with Crippen LogP contribution in [0.2, 0.25) is 0 Å². The first-order chi connectivity index (χ1) is 4.92. The Morgan fingerprint density at radius 1 is 1.40 bits per heavy atom. The summed E-state index contributed by atoms with van der Waals surface area (Å²) >= 11 is 0. The third-order valence-corrected chi connectivity index (χ3v) is 2.89. The number of fused-ring (bicyclic) bond motifs is 1. The quantitative estimate of drug-likeness (QED) is 0.537. The fourth-order valence-corrected chi connectivity index (χ4v) is 2.33. The van der Waals surface area contributed by atoms with Gasteiger partial charge in [-0.3, -0.25) is 0 Å².